The standard InChI is InChI=1S/C19H18O3S/c1-13(2)15-9-7-14(8-10-15)11-16-12-23(21,22)18-6-4-3-5-17(18)19(16)20/h3-11,13H,12H2,1-2H3. The number of carbonyl (C=O) groups is 1. The number of rotatable bonds is 2. The van der Waals surface area contributed by atoms with Crippen LogP contribution < -0.4 is 0 Å². The molecule has 0 amide bonds. The largest absolute Gasteiger partial charge is 0.289 e. The predicted molar refractivity (Wildman–Crippen MR) is 91.3 cm³/mol. The monoisotopic (exact) mass is 326 g/mol. The molecular weight excluding hydrogens is 308 g/mol. The molecule has 0 N–H and O–H groups in total. The molecule has 118 valence electrons. The minimum Gasteiger partial charge on any atom is -0.289 e. The van der Waals surface area contributed by atoms with Crippen molar-refractivity contribution in [2.75, 3.05) is 5.75 Å². The summed E-state index contributed by atoms with van der Waals surface area (Å²) in [7, 11) is -3.45. The number of hydrogen-bond donors (Lipinski definition) is 0. The summed E-state index contributed by atoms with van der Waals surface area (Å²) < 4.78 is 24.7. The Bertz CT molecular complexity index is 888. The van der Waals surface area contributed by atoms with Crippen LogP contribution in [-0.2, 0) is 9.84 Å². The molecule has 4 heteroatoms. The van der Waals surface area contributed by atoms with Gasteiger partial charge < -0.3 is 0 Å². The fourth-order valence-electron chi connectivity index (χ4n) is 2.73. The van der Waals surface area contributed by atoms with E-state index in [4.69, 9.17) is 0 Å². The first kappa shape index (κ1) is 15.7. The number of ketones is 1. The minimum atomic E-state index is -3.45. The zero-order valence-electron chi connectivity index (χ0n) is 13.1. The molecular formula is C19H18O3S. The Kier molecular flexibility index (Phi) is 3.94. The highest BCUT2D eigenvalue weighted by Crippen LogP contribution is 2.29. The van der Waals surface area contributed by atoms with E-state index in [-0.39, 0.29) is 22.0 Å². The van der Waals surface area contributed by atoms with Crippen molar-refractivity contribution in [2.24, 2.45) is 0 Å². The highest BCUT2D eigenvalue weighted by atomic mass is 32.2. The van der Waals surface area contributed by atoms with E-state index < -0.39 is 9.84 Å². The van der Waals surface area contributed by atoms with E-state index in [9.17, 15) is 13.2 Å². The van der Waals surface area contributed by atoms with Gasteiger partial charge in [-0.1, -0.05) is 50.2 Å². The average molecular weight is 326 g/mol. The first-order valence-corrected chi connectivity index (χ1v) is 9.21. The Morgan fingerprint density at radius 1 is 1.00 bits per heavy atom. The summed E-state index contributed by atoms with van der Waals surface area (Å²) in [5, 5.41) is 0. The third-order valence-electron chi connectivity index (χ3n) is 4.05. The Labute approximate surface area is 136 Å². The summed E-state index contributed by atoms with van der Waals surface area (Å²) in [4.78, 5) is 12.7. The van der Waals surface area contributed by atoms with Gasteiger partial charge in [0.25, 0.3) is 0 Å². The average Bonchev–Trinajstić information content (AvgIpc) is 2.53. The molecule has 0 unspecified atom stereocenters. The number of sulfone groups is 1. The zero-order valence-corrected chi connectivity index (χ0v) is 13.9. The molecule has 0 bridgehead atoms. The van der Waals surface area contributed by atoms with Crippen molar-refractivity contribution >= 4 is 21.7 Å². The molecule has 0 fully saturated rings. The number of hydrogen-bond acceptors (Lipinski definition) is 3. The van der Waals surface area contributed by atoms with E-state index in [1.165, 1.54) is 11.6 Å². The number of benzene rings is 2. The first-order valence-electron chi connectivity index (χ1n) is 7.55. The van der Waals surface area contributed by atoms with Gasteiger partial charge in [0.1, 0.15) is 0 Å². The molecule has 2 aromatic carbocycles. The normalized spacial score (nSPS) is 18.2. The highest BCUT2D eigenvalue weighted by Gasteiger charge is 2.32. The summed E-state index contributed by atoms with van der Waals surface area (Å²) in [5.41, 5.74) is 2.64. The van der Waals surface area contributed by atoms with Gasteiger partial charge >= 0.3 is 0 Å². The molecule has 0 saturated carbocycles. The summed E-state index contributed by atoms with van der Waals surface area (Å²) in [5.74, 6) is -0.0157. The molecule has 2 aromatic rings. The fourth-order valence-corrected chi connectivity index (χ4v) is 4.29. The Hall–Kier alpha value is -2.20. The molecule has 0 atom stereocenters. The van der Waals surface area contributed by atoms with Crippen LogP contribution in [0, 0.1) is 0 Å². The van der Waals surface area contributed by atoms with Crippen LogP contribution in [0.1, 0.15) is 41.3 Å². The summed E-state index contributed by atoms with van der Waals surface area (Å²) >= 11 is 0. The molecule has 0 aromatic heterocycles. The van der Waals surface area contributed by atoms with Crippen LogP contribution in [-0.4, -0.2) is 20.0 Å². The smallest absolute Gasteiger partial charge is 0.191 e. The zero-order chi connectivity index (χ0) is 16.6. The molecule has 0 saturated heterocycles. The van der Waals surface area contributed by atoms with Gasteiger partial charge in [0.15, 0.2) is 15.6 Å². The summed E-state index contributed by atoms with van der Waals surface area (Å²) in [6.07, 6.45) is 1.68. The third-order valence-corrected chi connectivity index (χ3v) is 5.77. The molecule has 0 radical (unpaired) electrons. The SMILES string of the molecule is CC(C)c1ccc(C=C2CS(=O)(=O)c3ccccc3C2=O)cc1. The van der Waals surface area contributed by atoms with Gasteiger partial charge in [0.2, 0.25) is 0 Å². The fraction of sp³-hybridized carbons (Fsp3) is 0.211. The van der Waals surface area contributed by atoms with E-state index >= 15 is 0 Å². The second-order valence-corrected chi connectivity index (χ2v) is 8.03. The molecule has 1 aliphatic heterocycles. The van der Waals surface area contributed by atoms with Gasteiger partial charge in [-0.2, -0.15) is 0 Å². The van der Waals surface area contributed by atoms with Crippen LogP contribution in [0.2, 0.25) is 0 Å². The second kappa shape index (κ2) is 5.78. The molecule has 3 nitrogen and oxygen atoms in total. The second-order valence-electron chi connectivity index (χ2n) is 6.08. The summed E-state index contributed by atoms with van der Waals surface area (Å²) in [6, 6.07) is 14.3. The van der Waals surface area contributed by atoms with Crippen molar-refractivity contribution in [2.45, 2.75) is 24.7 Å². The maximum atomic E-state index is 12.6. The van der Waals surface area contributed by atoms with Crippen molar-refractivity contribution in [3.63, 3.8) is 0 Å². The van der Waals surface area contributed by atoms with Gasteiger partial charge in [-0.05, 0) is 35.3 Å². The van der Waals surface area contributed by atoms with Crippen molar-refractivity contribution < 1.29 is 13.2 Å². The van der Waals surface area contributed by atoms with E-state index in [2.05, 4.69) is 13.8 Å². The van der Waals surface area contributed by atoms with Crippen LogP contribution in [0.5, 0.6) is 0 Å². The number of carbonyl (C=O) groups excluding carboxylic acids is 1. The van der Waals surface area contributed by atoms with E-state index in [1.54, 1.807) is 24.3 Å². The topological polar surface area (TPSA) is 51.2 Å². The summed E-state index contributed by atoms with van der Waals surface area (Å²) in [6.45, 7) is 4.23. The van der Waals surface area contributed by atoms with E-state index in [0.29, 0.717) is 11.5 Å². The Balaban J connectivity index is 2.03. The molecule has 23 heavy (non-hydrogen) atoms. The minimum absolute atomic E-state index is 0.136. The molecule has 0 spiro atoms. The Morgan fingerprint density at radius 2 is 1.65 bits per heavy atom. The van der Waals surface area contributed by atoms with Crippen LogP contribution in [0.25, 0.3) is 6.08 Å². The lowest BCUT2D eigenvalue weighted by molar-refractivity contribution is 0.103. The van der Waals surface area contributed by atoms with Crippen LogP contribution in [0.3, 0.4) is 0 Å². The molecule has 1 aliphatic rings. The third kappa shape index (κ3) is 2.99. The van der Waals surface area contributed by atoms with Crippen LogP contribution in [0.15, 0.2) is 59.0 Å². The maximum Gasteiger partial charge on any atom is 0.191 e. The van der Waals surface area contributed by atoms with Crippen LogP contribution >= 0.6 is 0 Å². The van der Waals surface area contributed by atoms with Crippen molar-refractivity contribution in [1.82, 2.24) is 0 Å². The lowest BCUT2D eigenvalue weighted by Crippen LogP contribution is -2.24. The van der Waals surface area contributed by atoms with Crippen LogP contribution in [0.4, 0.5) is 0 Å². The molecule has 3 rings (SSSR count). The van der Waals surface area contributed by atoms with E-state index in [1.807, 2.05) is 24.3 Å². The lowest BCUT2D eigenvalue weighted by atomic mass is 9.99. The highest BCUT2D eigenvalue weighted by molar-refractivity contribution is 7.91. The number of fused-ring (bicyclic) bond motifs is 1. The molecule has 1 heterocycles. The predicted octanol–water partition coefficient (Wildman–Crippen LogP) is 3.86. The van der Waals surface area contributed by atoms with Gasteiger partial charge in [-0.25, -0.2) is 8.42 Å². The van der Waals surface area contributed by atoms with Gasteiger partial charge in [-0.3, -0.25) is 4.79 Å². The first-order chi connectivity index (χ1) is 10.9. The quantitative estimate of drug-likeness (QED) is 0.787. The van der Waals surface area contributed by atoms with E-state index in [0.717, 1.165) is 5.56 Å². The van der Waals surface area contributed by atoms with Gasteiger partial charge in [0.05, 0.1) is 10.6 Å². The van der Waals surface area contributed by atoms with Gasteiger partial charge in [0, 0.05) is 11.1 Å². The lowest BCUT2D eigenvalue weighted by Gasteiger charge is -2.17. The van der Waals surface area contributed by atoms with Gasteiger partial charge in [-0.15, -0.1) is 0 Å². The van der Waals surface area contributed by atoms with Crippen molar-refractivity contribution in [1.29, 1.82) is 0 Å². The molecule has 0 aliphatic carbocycles. The maximum absolute atomic E-state index is 12.6. The van der Waals surface area contributed by atoms with Crippen molar-refractivity contribution in [3.8, 4) is 0 Å². The Morgan fingerprint density at radius 3 is 2.30 bits per heavy atom. The van der Waals surface area contributed by atoms with Crippen molar-refractivity contribution in [3.05, 3.63) is 70.8 Å². The number of Topliss-reactive ketones (excluding diaryl/α,β-unsaturated/α-hetero) is 1.